The number of nitrogens with one attached hydrogen (secondary N) is 1. The number of hydrogen-bond acceptors (Lipinski definition) is 3. The zero-order valence-corrected chi connectivity index (χ0v) is 17.5. The summed E-state index contributed by atoms with van der Waals surface area (Å²) < 4.78 is 2.23. The fraction of sp³-hybridized carbons (Fsp3) is 0.0741. The fourth-order valence-corrected chi connectivity index (χ4v) is 3.82. The Morgan fingerprint density at radius 1 is 0.812 bits per heavy atom. The first-order valence-electron chi connectivity index (χ1n) is 10.6. The maximum Gasteiger partial charge on any atom is 0.257 e. The van der Waals surface area contributed by atoms with Crippen molar-refractivity contribution in [1.29, 1.82) is 0 Å². The van der Waals surface area contributed by atoms with E-state index in [1.54, 1.807) is 24.5 Å². The Kier molecular flexibility index (Phi) is 5.45. The van der Waals surface area contributed by atoms with Crippen molar-refractivity contribution < 1.29 is 4.79 Å². The van der Waals surface area contributed by atoms with Gasteiger partial charge in [0.15, 0.2) is 0 Å². The first kappa shape index (κ1) is 19.7. The molecule has 0 saturated carbocycles. The SMILES string of the molecule is O=C(Nc1ccc(CCc2nc3ccccc3n2-c2ccccc2)cc1)c1cccnc1. The average molecular weight is 419 g/mol. The van der Waals surface area contributed by atoms with Crippen molar-refractivity contribution >= 4 is 22.6 Å². The number of carbonyl (C=O) groups excluding carboxylic acids is 1. The van der Waals surface area contributed by atoms with E-state index in [2.05, 4.69) is 39.1 Å². The quantitative estimate of drug-likeness (QED) is 0.398. The molecule has 5 rings (SSSR count). The van der Waals surface area contributed by atoms with Gasteiger partial charge in [-0.05, 0) is 60.5 Å². The third-order valence-corrected chi connectivity index (χ3v) is 5.42. The van der Waals surface area contributed by atoms with E-state index < -0.39 is 0 Å². The minimum Gasteiger partial charge on any atom is -0.322 e. The van der Waals surface area contributed by atoms with Gasteiger partial charge in [-0.25, -0.2) is 4.98 Å². The van der Waals surface area contributed by atoms with E-state index in [4.69, 9.17) is 4.98 Å². The number of aromatic nitrogens is 3. The van der Waals surface area contributed by atoms with Gasteiger partial charge in [0, 0.05) is 30.2 Å². The summed E-state index contributed by atoms with van der Waals surface area (Å²) in [7, 11) is 0. The van der Waals surface area contributed by atoms with Crippen molar-refractivity contribution in [2.45, 2.75) is 12.8 Å². The molecule has 2 heterocycles. The van der Waals surface area contributed by atoms with E-state index in [0.717, 1.165) is 41.1 Å². The van der Waals surface area contributed by atoms with Crippen molar-refractivity contribution in [3.05, 3.63) is 120 Å². The molecule has 0 fully saturated rings. The Morgan fingerprint density at radius 3 is 2.38 bits per heavy atom. The third-order valence-electron chi connectivity index (χ3n) is 5.42. The van der Waals surface area contributed by atoms with E-state index >= 15 is 0 Å². The lowest BCUT2D eigenvalue weighted by atomic mass is 10.1. The predicted octanol–water partition coefficient (Wildman–Crippen LogP) is 5.46. The van der Waals surface area contributed by atoms with Crippen LogP contribution in [-0.4, -0.2) is 20.4 Å². The molecule has 1 amide bonds. The molecule has 5 heteroatoms. The highest BCUT2D eigenvalue weighted by molar-refractivity contribution is 6.04. The molecular weight excluding hydrogens is 396 g/mol. The van der Waals surface area contributed by atoms with E-state index in [1.807, 2.05) is 54.6 Å². The van der Waals surface area contributed by atoms with Crippen LogP contribution in [0.15, 0.2) is 103 Å². The van der Waals surface area contributed by atoms with Crippen LogP contribution < -0.4 is 5.32 Å². The zero-order valence-electron chi connectivity index (χ0n) is 17.5. The van der Waals surface area contributed by atoms with Gasteiger partial charge in [0.2, 0.25) is 0 Å². The molecule has 0 atom stereocenters. The van der Waals surface area contributed by atoms with Crippen LogP contribution in [0.25, 0.3) is 16.7 Å². The molecule has 1 N–H and O–H groups in total. The number of anilines is 1. The van der Waals surface area contributed by atoms with Gasteiger partial charge >= 0.3 is 0 Å². The lowest BCUT2D eigenvalue weighted by molar-refractivity contribution is 0.102. The molecule has 0 saturated heterocycles. The third kappa shape index (κ3) is 4.14. The highest BCUT2D eigenvalue weighted by Crippen LogP contribution is 2.23. The van der Waals surface area contributed by atoms with Crippen LogP contribution in [0.2, 0.25) is 0 Å². The molecule has 0 aliphatic heterocycles. The van der Waals surface area contributed by atoms with Crippen LogP contribution in [-0.2, 0) is 12.8 Å². The van der Waals surface area contributed by atoms with Gasteiger partial charge in [0.1, 0.15) is 5.82 Å². The molecule has 0 aliphatic rings. The molecule has 0 aliphatic carbocycles. The number of fused-ring (bicyclic) bond motifs is 1. The van der Waals surface area contributed by atoms with Crippen molar-refractivity contribution in [2.24, 2.45) is 0 Å². The summed E-state index contributed by atoms with van der Waals surface area (Å²) in [6.07, 6.45) is 4.87. The zero-order chi connectivity index (χ0) is 21.8. The van der Waals surface area contributed by atoms with Gasteiger partial charge in [-0.2, -0.15) is 0 Å². The number of nitrogens with zero attached hydrogens (tertiary/aromatic N) is 3. The summed E-state index contributed by atoms with van der Waals surface area (Å²) in [5.41, 5.74) is 5.72. The van der Waals surface area contributed by atoms with E-state index in [9.17, 15) is 4.79 Å². The summed E-state index contributed by atoms with van der Waals surface area (Å²) >= 11 is 0. The maximum absolute atomic E-state index is 12.3. The molecule has 0 spiro atoms. The molecule has 0 bridgehead atoms. The normalized spacial score (nSPS) is 10.9. The first-order valence-corrected chi connectivity index (χ1v) is 10.6. The summed E-state index contributed by atoms with van der Waals surface area (Å²) in [4.78, 5) is 21.2. The molecule has 5 aromatic rings. The second kappa shape index (κ2) is 8.86. The van der Waals surface area contributed by atoms with Crippen molar-refractivity contribution in [1.82, 2.24) is 14.5 Å². The van der Waals surface area contributed by atoms with Crippen molar-refractivity contribution in [3.8, 4) is 5.69 Å². The topological polar surface area (TPSA) is 59.8 Å². The number of hydrogen-bond donors (Lipinski definition) is 1. The lowest BCUT2D eigenvalue weighted by Gasteiger charge is -2.10. The first-order chi connectivity index (χ1) is 15.8. The van der Waals surface area contributed by atoms with Crippen LogP contribution in [0, 0.1) is 0 Å². The summed E-state index contributed by atoms with van der Waals surface area (Å²) in [5, 5.41) is 2.91. The monoisotopic (exact) mass is 418 g/mol. The van der Waals surface area contributed by atoms with Gasteiger partial charge in [-0.3, -0.25) is 14.3 Å². The highest BCUT2D eigenvalue weighted by Gasteiger charge is 2.12. The number of pyridine rings is 1. The molecule has 3 aromatic carbocycles. The number of benzene rings is 3. The Morgan fingerprint density at radius 2 is 1.59 bits per heavy atom. The number of carbonyl (C=O) groups is 1. The van der Waals surface area contributed by atoms with Gasteiger partial charge in [0.05, 0.1) is 16.6 Å². The van der Waals surface area contributed by atoms with Gasteiger partial charge in [-0.15, -0.1) is 0 Å². The standard InChI is InChI=1S/C27H22N4O/c32-27(21-7-6-18-28-19-21)29-22-15-12-20(13-16-22)14-17-26-30-24-10-4-5-11-25(24)31(26)23-8-2-1-3-9-23/h1-13,15-16,18-19H,14,17H2,(H,29,32). The molecule has 156 valence electrons. The molecule has 5 nitrogen and oxygen atoms in total. The second-order valence-electron chi connectivity index (χ2n) is 7.58. The van der Waals surface area contributed by atoms with Gasteiger partial charge in [-0.1, -0.05) is 42.5 Å². The summed E-state index contributed by atoms with van der Waals surface area (Å²) in [6.45, 7) is 0. The van der Waals surface area contributed by atoms with E-state index in [1.165, 1.54) is 5.56 Å². The van der Waals surface area contributed by atoms with Crippen LogP contribution in [0.3, 0.4) is 0 Å². The Labute approximate surface area is 186 Å². The predicted molar refractivity (Wildman–Crippen MR) is 127 cm³/mol. The van der Waals surface area contributed by atoms with Gasteiger partial charge < -0.3 is 5.32 Å². The maximum atomic E-state index is 12.3. The van der Waals surface area contributed by atoms with E-state index in [-0.39, 0.29) is 5.91 Å². The van der Waals surface area contributed by atoms with Crippen LogP contribution in [0.5, 0.6) is 0 Å². The molecule has 0 radical (unpaired) electrons. The largest absolute Gasteiger partial charge is 0.322 e. The smallest absolute Gasteiger partial charge is 0.257 e. The van der Waals surface area contributed by atoms with Crippen LogP contribution in [0.4, 0.5) is 5.69 Å². The Balaban J connectivity index is 1.32. The Hall–Kier alpha value is -4.25. The molecule has 0 unspecified atom stereocenters. The number of para-hydroxylation sites is 3. The number of rotatable bonds is 6. The van der Waals surface area contributed by atoms with Crippen molar-refractivity contribution in [2.75, 3.05) is 5.32 Å². The number of aryl methyl sites for hydroxylation is 2. The Bertz CT molecular complexity index is 1340. The fourth-order valence-electron chi connectivity index (χ4n) is 3.82. The van der Waals surface area contributed by atoms with Gasteiger partial charge in [0.25, 0.3) is 5.91 Å². The van der Waals surface area contributed by atoms with Crippen LogP contribution in [0.1, 0.15) is 21.7 Å². The average Bonchev–Trinajstić information content (AvgIpc) is 3.23. The molecule has 32 heavy (non-hydrogen) atoms. The minimum atomic E-state index is -0.164. The number of imidazole rings is 1. The number of amides is 1. The molecule has 2 aromatic heterocycles. The summed E-state index contributed by atoms with van der Waals surface area (Å²) in [6, 6.07) is 30.0. The van der Waals surface area contributed by atoms with Crippen molar-refractivity contribution in [3.63, 3.8) is 0 Å². The second-order valence-corrected chi connectivity index (χ2v) is 7.58. The molecular formula is C27H22N4O. The summed E-state index contributed by atoms with van der Waals surface area (Å²) in [5.74, 6) is 0.869. The lowest BCUT2D eigenvalue weighted by Crippen LogP contribution is -2.11. The minimum absolute atomic E-state index is 0.164. The van der Waals surface area contributed by atoms with E-state index in [0.29, 0.717) is 5.56 Å². The highest BCUT2D eigenvalue weighted by atomic mass is 16.1. The van der Waals surface area contributed by atoms with Crippen LogP contribution >= 0.6 is 0 Å².